The lowest BCUT2D eigenvalue weighted by Gasteiger charge is -2.70. The van der Waals surface area contributed by atoms with Gasteiger partial charge in [0.25, 0.3) is 0 Å². The van der Waals surface area contributed by atoms with Crippen LogP contribution >= 0.6 is 0 Å². The highest BCUT2D eigenvalue weighted by atomic mass is 16.6. The van der Waals surface area contributed by atoms with Crippen LogP contribution in [0.25, 0.3) is 0 Å². The average Bonchev–Trinajstić information content (AvgIpc) is 3.39. The molecule has 10 atom stereocenters. The highest BCUT2D eigenvalue weighted by Crippen LogP contribution is 2.75. The third-order valence-electron chi connectivity index (χ3n) is 15.0. The topological polar surface area (TPSA) is 150 Å². The van der Waals surface area contributed by atoms with E-state index in [0.29, 0.717) is 44.3 Å². The molecule has 0 radical (unpaired) electrons. The summed E-state index contributed by atoms with van der Waals surface area (Å²) in [5.41, 5.74) is -2.41. The zero-order valence-corrected chi connectivity index (χ0v) is 30.7. The van der Waals surface area contributed by atoms with Crippen LogP contribution in [0, 0.1) is 50.2 Å². The van der Waals surface area contributed by atoms with Gasteiger partial charge in [-0.3, -0.25) is 19.2 Å². The van der Waals surface area contributed by atoms with E-state index in [1.807, 2.05) is 26.8 Å². The van der Waals surface area contributed by atoms with Gasteiger partial charge >= 0.3 is 23.7 Å². The van der Waals surface area contributed by atoms with E-state index < -0.39 is 57.4 Å². The Morgan fingerprint density at radius 3 is 2.24 bits per heavy atom. The van der Waals surface area contributed by atoms with Crippen LogP contribution in [0.15, 0.2) is 25.3 Å². The normalized spacial score (nSPS) is 43.0. The molecule has 49 heavy (non-hydrogen) atoms. The smallest absolute Gasteiger partial charge is 0.481 e. The van der Waals surface area contributed by atoms with Crippen LogP contribution in [0.1, 0.15) is 138 Å². The molecule has 4 fully saturated rings. The molecule has 0 bridgehead atoms. The standard InChI is InChI=1S/C39H54O10/c1-21(2)29-26(48-33(45)49-29)20-46-32(44)39(9)27-10-13-38(8)30(36(27,6)12-11-28(39)47-22(3)40)25(41)18-23-24-19-35(5,31(42)43)15-14-34(24,4)16-17-37(23,38)7/h18,21,24,27-28,30H,10-17,19-20H2,1-9H3,(H,42,43)/t24-,27+,28-,30+,34+,35-,36-,37+,38+,39?/m0/s1. The van der Waals surface area contributed by atoms with Crippen molar-refractivity contribution in [3.63, 3.8) is 0 Å². The monoisotopic (exact) mass is 682 g/mol. The molecule has 1 N–H and O–H groups in total. The summed E-state index contributed by atoms with van der Waals surface area (Å²) in [4.78, 5) is 65.9. The second kappa shape index (κ2) is 11.4. The molecule has 1 aromatic heterocycles. The molecule has 0 aliphatic heterocycles. The van der Waals surface area contributed by atoms with Crippen molar-refractivity contribution in [3.05, 3.63) is 33.8 Å². The number of esters is 2. The van der Waals surface area contributed by atoms with Gasteiger partial charge < -0.3 is 23.4 Å². The van der Waals surface area contributed by atoms with E-state index in [1.54, 1.807) is 6.92 Å². The molecule has 1 aromatic rings. The van der Waals surface area contributed by atoms with Crippen molar-refractivity contribution in [2.75, 3.05) is 0 Å². The van der Waals surface area contributed by atoms with Gasteiger partial charge in [0.05, 0.1) is 5.41 Å². The maximum Gasteiger partial charge on any atom is 0.519 e. The molecule has 270 valence electrons. The SMILES string of the molecule is CC(=O)O[C@H]1CC[C@]2(C)[C@H]3C(=O)C=C4[C@@H]5C[C@@](C)(C(=O)O)CC[C@]5(C)CC[C@@]4(C)[C@]3(C)CC[C@H]2C1(C)C(=O)OCc1oc(=O)oc1C(C)C. The van der Waals surface area contributed by atoms with E-state index in [2.05, 4.69) is 27.7 Å². The van der Waals surface area contributed by atoms with Gasteiger partial charge in [0.1, 0.15) is 11.5 Å². The van der Waals surface area contributed by atoms with Gasteiger partial charge in [0.2, 0.25) is 0 Å². The fraction of sp³-hybridized carbons (Fsp3) is 0.769. The zero-order chi connectivity index (χ0) is 36.1. The summed E-state index contributed by atoms with van der Waals surface area (Å²) >= 11 is 0. The first-order valence-corrected chi connectivity index (χ1v) is 18.1. The van der Waals surface area contributed by atoms with Gasteiger partial charge in [-0.25, -0.2) is 4.79 Å². The van der Waals surface area contributed by atoms with E-state index in [-0.39, 0.29) is 46.7 Å². The summed E-state index contributed by atoms with van der Waals surface area (Å²) in [5, 5.41) is 10.2. The molecule has 6 rings (SSSR count). The average molecular weight is 683 g/mol. The third kappa shape index (κ3) is 5.03. The van der Waals surface area contributed by atoms with Crippen molar-refractivity contribution >= 4 is 23.7 Å². The summed E-state index contributed by atoms with van der Waals surface area (Å²) < 4.78 is 22.2. The molecule has 5 aliphatic rings. The Balaban J connectivity index is 1.39. The van der Waals surface area contributed by atoms with Gasteiger partial charge in [-0.05, 0) is 111 Å². The highest BCUT2D eigenvalue weighted by Gasteiger charge is 2.72. The molecule has 1 heterocycles. The molecular formula is C39H54O10. The summed E-state index contributed by atoms with van der Waals surface area (Å²) in [6, 6.07) is 0. The summed E-state index contributed by atoms with van der Waals surface area (Å²) in [7, 11) is 0. The van der Waals surface area contributed by atoms with Gasteiger partial charge in [-0.1, -0.05) is 47.1 Å². The number of hydrogen-bond acceptors (Lipinski definition) is 9. The van der Waals surface area contributed by atoms with Crippen molar-refractivity contribution in [1.29, 1.82) is 0 Å². The number of fused-ring (bicyclic) bond motifs is 7. The third-order valence-corrected chi connectivity index (χ3v) is 15.0. The predicted molar refractivity (Wildman–Crippen MR) is 178 cm³/mol. The number of rotatable bonds is 6. The summed E-state index contributed by atoms with van der Waals surface area (Å²) in [5.74, 6) is -3.07. The van der Waals surface area contributed by atoms with E-state index in [4.69, 9.17) is 18.3 Å². The maximum atomic E-state index is 14.8. The number of carbonyl (C=O) groups is 4. The molecular weight excluding hydrogens is 628 g/mol. The van der Waals surface area contributed by atoms with Crippen LogP contribution in [0.2, 0.25) is 0 Å². The second-order valence-corrected chi connectivity index (χ2v) is 18.0. The Kier molecular flexibility index (Phi) is 8.31. The molecule has 1 unspecified atom stereocenters. The Labute approximate surface area is 288 Å². The zero-order valence-electron chi connectivity index (χ0n) is 30.7. The Morgan fingerprint density at radius 2 is 1.61 bits per heavy atom. The van der Waals surface area contributed by atoms with Gasteiger partial charge in [-0.15, -0.1) is 0 Å². The first-order chi connectivity index (χ1) is 22.7. The fourth-order valence-corrected chi connectivity index (χ4v) is 11.8. The van der Waals surface area contributed by atoms with Crippen molar-refractivity contribution in [2.45, 2.75) is 139 Å². The number of aliphatic carboxylic acids is 1. The van der Waals surface area contributed by atoms with E-state index in [0.717, 1.165) is 24.8 Å². The highest BCUT2D eigenvalue weighted by molar-refractivity contribution is 5.96. The van der Waals surface area contributed by atoms with E-state index in [1.165, 1.54) is 6.92 Å². The van der Waals surface area contributed by atoms with Crippen LogP contribution in [0.5, 0.6) is 0 Å². The number of ether oxygens (including phenoxy) is 2. The van der Waals surface area contributed by atoms with Crippen molar-refractivity contribution in [1.82, 2.24) is 0 Å². The minimum Gasteiger partial charge on any atom is -0.481 e. The predicted octanol–water partition coefficient (Wildman–Crippen LogP) is 7.38. The van der Waals surface area contributed by atoms with Crippen molar-refractivity contribution in [2.24, 2.45) is 50.2 Å². The molecule has 0 amide bonds. The van der Waals surface area contributed by atoms with E-state index in [9.17, 15) is 29.1 Å². The molecule has 0 spiro atoms. The van der Waals surface area contributed by atoms with Crippen LogP contribution in [-0.4, -0.2) is 34.9 Å². The quantitative estimate of drug-likeness (QED) is 0.301. The number of allylic oxidation sites excluding steroid dienone is 2. The van der Waals surface area contributed by atoms with Gasteiger partial charge in [0.15, 0.2) is 23.9 Å². The first kappa shape index (κ1) is 35.6. The number of carboxylic acids is 1. The number of carboxylic acid groups (broad SMARTS) is 1. The second-order valence-electron chi connectivity index (χ2n) is 18.0. The van der Waals surface area contributed by atoms with Gasteiger partial charge in [-0.2, -0.15) is 0 Å². The van der Waals surface area contributed by atoms with Crippen LogP contribution < -0.4 is 5.82 Å². The van der Waals surface area contributed by atoms with Crippen molar-refractivity contribution in [3.8, 4) is 0 Å². The lowest BCUT2D eigenvalue weighted by atomic mass is 9.33. The molecule has 0 aromatic carbocycles. The van der Waals surface area contributed by atoms with Gasteiger partial charge in [0, 0.05) is 18.8 Å². The first-order valence-electron chi connectivity index (χ1n) is 18.1. The minimum atomic E-state index is -1.27. The fourth-order valence-electron chi connectivity index (χ4n) is 11.8. The summed E-state index contributed by atoms with van der Waals surface area (Å²) in [6.07, 6.45) is 7.28. The largest absolute Gasteiger partial charge is 0.519 e. The summed E-state index contributed by atoms with van der Waals surface area (Å²) in [6.45, 7) is 17.4. The van der Waals surface area contributed by atoms with Crippen LogP contribution in [-0.2, 0) is 35.3 Å². The van der Waals surface area contributed by atoms with Crippen LogP contribution in [0.4, 0.5) is 0 Å². The molecule has 0 saturated heterocycles. The Morgan fingerprint density at radius 1 is 0.939 bits per heavy atom. The minimum absolute atomic E-state index is 0.00648. The molecule has 10 heteroatoms. The number of hydrogen-bond donors (Lipinski definition) is 1. The maximum absolute atomic E-state index is 14.8. The number of carbonyl (C=O) groups excluding carboxylic acids is 3. The molecule has 10 nitrogen and oxygen atoms in total. The Hall–Kier alpha value is -3.17. The van der Waals surface area contributed by atoms with E-state index >= 15 is 0 Å². The molecule has 5 aliphatic carbocycles. The Bertz CT molecular complexity index is 1660. The van der Waals surface area contributed by atoms with Crippen LogP contribution in [0.3, 0.4) is 0 Å². The molecule has 4 saturated carbocycles. The van der Waals surface area contributed by atoms with Crippen molar-refractivity contribution < 1.29 is 42.6 Å². The lowest BCUT2D eigenvalue weighted by molar-refractivity contribution is -0.224. The lowest BCUT2D eigenvalue weighted by Crippen LogP contribution is -2.68. The number of ketones is 1.